The molecule has 6 aromatic heterocycles. The van der Waals surface area contributed by atoms with Crippen molar-refractivity contribution in [3.63, 3.8) is 0 Å². The molecule has 2 saturated heterocycles. The summed E-state index contributed by atoms with van der Waals surface area (Å²) in [6.07, 6.45) is 8.83. The minimum atomic E-state index is -0.147. The van der Waals surface area contributed by atoms with Crippen molar-refractivity contribution in [2.75, 3.05) is 68.5 Å². The zero-order valence-electron chi connectivity index (χ0n) is 35.3. The van der Waals surface area contributed by atoms with Crippen molar-refractivity contribution in [2.24, 2.45) is 0 Å². The summed E-state index contributed by atoms with van der Waals surface area (Å²) in [6, 6.07) is 11.5. The number of fused-ring (bicyclic) bond motifs is 4. The van der Waals surface area contributed by atoms with Crippen LogP contribution in [0, 0.1) is 23.7 Å². The predicted molar refractivity (Wildman–Crippen MR) is 242 cm³/mol. The third kappa shape index (κ3) is 7.62. The first-order chi connectivity index (χ1) is 31.6. The molecule has 324 valence electrons. The molecule has 5 N–H and O–H groups in total. The topological polar surface area (TPSA) is 247 Å². The molecule has 0 radical (unpaired) electrons. The van der Waals surface area contributed by atoms with E-state index in [2.05, 4.69) is 60.5 Å². The number of likely N-dealkylation sites (N-methyl/N-ethyl adjacent to an activating group) is 1. The van der Waals surface area contributed by atoms with E-state index in [1.54, 1.807) is 38.4 Å². The van der Waals surface area contributed by atoms with Crippen molar-refractivity contribution >= 4 is 79.7 Å². The van der Waals surface area contributed by atoms with E-state index in [-0.39, 0.29) is 35.5 Å². The summed E-state index contributed by atoms with van der Waals surface area (Å²) in [5.74, 6) is 12.9. The van der Waals surface area contributed by atoms with Crippen LogP contribution in [0.1, 0.15) is 47.4 Å². The fourth-order valence-corrected chi connectivity index (χ4v) is 8.11. The normalized spacial score (nSPS) is 16.1. The molecule has 0 unspecified atom stereocenters. The van der Waals surface area contributed by atoms with Crippen LogP contribution < -0.4 is 21.7 Å². The Morgan fingerprint density at radius 1 is 0.800 bits per heavy atom. The number of hydrogen-bond donors (Lipinski definition) is 3. The highest BCUT2D eigenvalue weighted by Gasteiger charge is 2.31. The monoisotopic (exact) mass is 868 g/mol. The Morgan fingerprint density at radius 2 is 1.35 bits per heavy atom. The molecule has 65 heavy (non-hydrogen) atoms. The van der Waals surface area contributed by atoms with Gasteiger partial charge in [0.1, 0.15) is 46.7 Å². The van der Waals surface area contributed by atoms with Crippen LogP contribution in [0.3, 0.4) is 0 Å². The largest absolute Gasteiger partial charge is 0.424 e. The lowest BCUT2D eigenvalue weighted by Gasteiger charge is -2.15. The number of amides is 2. The summed E-state index contributed by atoms with van der Waals surface area (Å²) in [7, 11) is 3.57. The number of nitrogens with one attached hydrogen (secondary N) is 1. The van der Waals surface area contributed by atoms with Gasteiger partial charge < -0.3 is 40.3 Å². The first-order valence-electron chi connectivity index (χ1n) is 20.7. The highest BCUT2D eigenvalue weighted by Crippen LogP contribution is 2.31. The number of carbonyl (C=O) groups excluding carboxylic acids is 2. The number of rotatable bonds is 8. The summed E-state index contributed by atoms with van der Waals surface area (Å²) in [5, 5.41) is 13.6. The van der Waals surface area contributed by atoms with Crippen LogP contribution in [0.2, 0.25) is 0 Å². The summed E-state index contributed by atoms with van der Waals surface area (Å²) in [4.78, 5) is 57.4. The highest BCUT2D eigenvalue weighted by atomic mass is 16.4. The molecule has 20 heteroatoms. The van der Waals surface area contributed by atoms with Crippen LogP contribution in [-0.2, 0) is 9.59 Å². The molecule has 0 spiro atoms. The van der Waals surface area contributed by atoms with Gasteiger partial charge in [-0.2, -0.15) is 20.2 Å². The summed E-state index contributed by atoms with van der Waals surface area (Å²) in [5.41, 5.74) is 18.5. The highest BCUT2D eigenvalue weighted by molar-refractivity contribution is 5.92. The van der Waals surface area contributed by atoms with E-state index in [1.807, 2.05) is 48.3 Å². The number of hydrogen-bond acceptors (Lipinski definition) is 16. The Hall–Kier alpha value is -8.78. The lowest BCUT2D eigenvalue weighted by Crippen LogP contribution is -2.28. The number of aromatic nitrogens is 10. The number of carbonyl (C=O) groups is 2. The number of oxazole rings is 2. The summed E-state index contributed by atoms with van der Waals surface area (Å²) in [6.45, 7) is 5.99. The van der Waals surface area contributed by atoms with E-state index in [9.17, 15) is 9.59 Å². The average molecular weight is 869 g/mol. The zero-order chi connectivity index (χ0) is 44.8. The van der Waals surface area contributed by atoms with Gasteiger partial charge in [-0.3, -0.25) is 9.59 Å². The van der Waals surface area contributed by atoms with E-state index in [4.69, 9.17) is 35.5 Å². The van der Waals surface area contributed by atoms with Gasteiger partial charge in [0.05, 0.1) is 22.9 Å². The quantitative estimate of drug-likeness (QED) is 0.146. The lowest BCUT2D eigenvalue weighted by atomic mass is 10.2. The Labute approximate surface area is 370 Å². The Bertz CT molecular complexity index is 3380. The van der Waals surface area contributed by atoms with Crippen molar-refractivity contribution in [3.05, 3.63) is 96.4 Å². The van der Waals surface area contributed by atoms with Gasteiger partial charge in [0, 0.05) is 64.0 Å². The minimum Gasteiger partial charge on any atom is -0.424 e. The van der Waals surface area contributed by atoms with Gasteiger partial charge in [-0.1, -0.05) is 24.5 Å². The Morgan fingerprint density at radius 3 is 1.92 bits per heavy atom. The molecule has 2 amide bonds. The molecule has 8 heterocycles. The van der Waals surface area contributed by atoms with Gasteiger partial charge in [-0.25, -0.2) is 29.3 Å². The number of likely N-dealkylation sites (tertiary alicyclic amines) is 2. The zero-order valence-corrected chi connectivity index (χ0v) is 35.3. The molecule has 2 atom stereocenters. The molecule has 10 rings (SSSR count). The van der Waals surface area contributed by atoms with Crippen LogP contribution in [0.5, 0.6) is 0 Å². The van der Waals surface area contributed by atoms with Crippen LogP contribution in [-0.4, -0.2) is 118 Å². The van der Waals surface area contributed by atoms with Gasteiger partial charge in [-0.15, -0.1) is 0 Å². The number of nitrogen functional groups attached to an aromatic ring is 2. The fraction of sp³-hybridized carbons (Fsp3) is 0.244. The van der Waals surface area contributed by atoms with Crippen LogP contribution in [0.4, 0.5) is 23.7 Å². The van der Waals surface area contributed by atoms with Gasteiger partial charge in [0.25, 0.3) is 12.0 Å². The third-order valence-electron chi connectivity index (χ3n) is 11.4. The number of anilines is 4. The first-order valence-corrected chi connectivity index (χ1v) is 20.7. The molecule has 2 aliphatic rings. The van der Waals surface area contributed by atoms with E-state index in [0.717, 1.165) is 5.56 Å². The van der Waals surface area contributed by atoms with Crippen LogP contribution in [0.15, 0.2) is 82.7 Å². The maximum atomic E-state index is 13.4. The molecular formula is C45H40N16O4. The summed E-state index contributed by atoms with van der Waals surface area (Å²) >= 11 is 0. The molecule has 0 aliphatic carbocycles. The molecule has 0 saturated carbocycles. The molecule has 8 aromatic rings. The van der Waals surface area contributed by atoms with Gasteiger partial charge >= 0.3 is 0 Å². The van der Waals surface area contributed by atoms with E-state index in [1.165, 1.54) is 18.7 Å². The number of nitrogens with two attached hydrogens (primary N) is 2. The van der Waals surface area contributed by atoms with E-state index >= 15 is 0 Å². The SMILES string of the molecule is C=CC(=O)N1CC[C@H](n2nc(C#Cc3ccc4oc(N(C)C/C=C/C(=O)N5CC[C@H](n6nc(C#Cc7ccc8oc(NC)nc8c7)c7c(N)ncnc76)C5)nc4c3)c3c(N)ncnc32)C1. The van der Waals surface area contributed by atoms with E-state index < -0.39 is 0 Å². The Balaban J connectivity index is 0.793. The third-order valence-corrected chi connectivity index (χ3v) is 11.4. The molecule has 20 nitrogen and oxygen atoms in total. The molecule has 2 fully saturated rings. The second kappa shape index (κ2) is 16.5. The molecule has 2 aromatic carbocycles. The standard InChI is InChI=1S/C45H40N16O4/c1-4-36(62)58-18-15-28(22-58)60-42-38(40(46)49-24-51-42)31(55-60)12-8-27-10-14-35-33(21-27)54-45(65-35)57(3)17-5-6-37(63)59-19-16-29(23-59)61-43-39(41(47)50-25-52-43)30(56-61)11-7-26-9-13-34-32(20-26)53-44(48-2)64-34/h4-6,9-10,13-14,20-21,24-25,28-29H,1,15-19,22-23H2,2-3H3,(H,48,53)(H2,46,49,51)(H2,47,50,52)/b6-5+/t28-,29-/m0/s1. The number of nitrogens with zero attached hydrogens (tertiary/aromatic N) is 13. The van der Waals surface area contributed by atoms with Crippen molar-refractivity contribution in [2.45, 2.75) is 24.9 Å². The average Bonchev–Trinajstić information content (AvgIpc) is 4.18. The second-order valence-electron chi connectivity index (χ2n) is 15.6. The fourth-order valence-electron chi connectivity index (χ4n) is 8.11. The second-order valence-corrected chi connectivity index (χ2v) is 15.6. The smallest absolute Gasteiger partial charge is 0.298 e. The first kappa shape index (κ1) is 40.3. The van der Waals surface area contributed by atoms with Gasteiger partial charge in [0.15, 0.2) is 22.5 Å². The summed E-state index contributed by atoms with van der Waals surface area (Å²) < 4.78 is 15.3. The van der Waals surface area contributed by atoms with Crippen molar-refractivity contribution < 1.29 is 18.4 Å². The van der Waals surface area contributed by atoms with Crippen molar-refractivity contribution in [1.82, 2.24) is 59.3 Å². The van der Waals surface area contributed by atoms with Gasteiger partial charge in [0.2, 0.25) is 11.8 Å². The van der Waals surface area contributed by atoms with E-state index in [0.29, 0.717) is 119 Å². The van der Waals surface area contributed by atoms with Crippen LogP contribution >= 0.6 is 0 Å². The molecule has 0 bridgehead atoms. The lowest BCUT2D eigenvalue weighted by molar-refractivity contribution is -0.125. The van der Waals surface area contributed by atoms with Crippen molar-refractivity contribution in [3.8, 4) is 23.7 Å². The van der Waals surface area contributed by atoms with Crippen molar-refractivity contribution in [1.29, 1.82) is 0 Å². The van der Waals surface area contributed by atoms with Crippen LogP contribution in [0.25, 0.3) is 44.3 Å². The van der Waals surface area contributed by atoms with Gasteiger partial charge in [-0.05, 0) is 67.2 Å². The minimum absolute atomic E-state index is 0.0946. The predicted octanol–water partition coefficient (Wildman–Crippen LogP) is 3.68. The maximum Gasteiger partial charge on any atom is 0.298 e. The maximum absolute atomic E-state index is 13.4. The number of benzene rings is 2. The molecule has 2 aliphatic heterocycles. The Kier molecular flexibility index (Phi) is 10.2. The molecular weight excluding hydrogens is 829 g/mol.